The summed E-state index contributed by atoms with van der Waals surface area (Å²) in [6, 6.07) is 0.746. The van der Waals surface area contributed by atoms with Crippen LogP contribution in [-0.4, -0.2) is 37.6 Å². The van der Waals surface area contributed by atoms with Gasteiger partial charge in [-0.1, -0.05) is 52.4 Å². The molecule has 0 aromatic heterocycles. The average molecular weight is 254 g/mol. The fourth-order valence-corrected chi connectivity index (χ4v) is 3.16. The van der Waals surface area contributed by atoms with Gasteiger partial charge in [-0.3, -0.25) is 0 Å². The third kappa shape index (κ3) is 6.19. The number of hydrogen-bond acceptors (Lipinski definition) is 2. The highest BCUT2D eigenvalue weighted by Gasteiger charge is 2.23. The highest BCUT2D eigenvalue weighted by Crippen LogP contribution is 2.17. The minimum Gasteiger partial charge on any atom is -0.317 e. The summed E-state index contributed by atoms with van der Waals surface area (Å²) >= 11 is 0. The van der Waals surface area contributed by atoms with E-state index in [1.54, 1.807) is 0 Å². The van der Waals surface area contributed by atoms with Gasteiger partial charge in [0.15, 0.2) is 0 Å². The summed E-state index contributed by atoms with van der Waals surface area (Å²) in [5.74, 6) is 0.813. The van der Waals surface area contributed by atoms with E-state index in [9.17, 15) is 0 Å². The normalized spacial score (nSPS) is 25.5. The monoisotopic (exact) mass is 254 g/mol. The number of likely N-dealkylation sites (tertiary alicyclic amines) is 1. The van der Waals surface area contributed by atoms with E-state index in [1.165, 1.54) is 71.0 Å². The molecule has 18 heavy (non-hydrogen) atoms. The summed E-state index contributed by atoms with van der Waals surface area (Å²) in [7, 11) is 2.10. The van der Waals surface area contributed by atoms with Crippen LogP contribution in [0.4, 0.5) is 0 Å². The molecule has 1 aliphatic heterocycles. The molecule has 1 aliphatic rings. The zero-order chi connectivity index (χ0) is 13.2. The molecule has 2 atom stereocenters. The van der Waals surface area contributed by atoms with Crippen molar-refractivity contribution in [1.29, 1.82) is 0 Å². The third-order valence-corrected chi connectivity index (χ3v) is 4.44. The Labute approximate surface area is 115 Å². The van der Waals surface area contributed by atoms with Gasteiger partial charge in [-0.2, -0.15) is 0 Å². The van der Waals surface area contributed by atoms with E-state index >= 15 is 0 Å². The third-order valence-electron chi connectivity index (χ3n) is 4.44. The topological polar surface area (TPSA) is 15.3 Å². The molecule has 108 valence electrons. The lowest BCUT2D eigenvalue weighted by molar-refractivity contribution is 0.149. The van der Waals surface area contributed by atoms with E-state index in [2.05, 4.69) is 31.1 Å². The van der Waals surface area contributed by atoms with Crippen molar-refractivity contribution in [2.24, 2.45) is 5.92 Å². The lowest BCUT2D eigenvalue weighted by Gasteiger charge is -2.36. The number of piperidine rings is 1. The SMILES string of the molecule is CCCCCCCCCN1CCC(NC)C(C)C1. The molecule has 2 heteroatoms. The van der Waals surface area contributed by atoms with Crippen molar-refractivity contribution in [1.82, 2.24) is 10.2 Å². The van der Waals surface area contributed by atoms with Crippen molar-refractivity contribution in [2.45, 2.75) is 71.3 Å². The number of nitrogens with zero attached hydrogens (tertiary/aromatic N) is 1. The first-order chi connectivity index (χ1) is 8.77. The van der Waals surface area contributed by atoms with Crippen molar-refractivity contribution >= 4 is 0 Å². The fourth-order valence-electron chi connectivity index (χ4n) is 3.16. The zero-order valence-electron chi connectivity index (χ0n) is 12.9. The Kier molecular flexibility index (Phi) is 8.70. The molecule has 0 saturated carbocycles. The number of hydrogen-bond donors (Lipinski definition) is 1. The molecule has 2 unspecified atom stereocenters. The van der Waals surface area contributed by atoms with Crippen LogP contribution in [0, 0.1) is 5.92 Å². The van der Waals surface area contributed by atoms with Crippen molar-refractivity contribution < 1.29 is 0 Å². The largest absolute Gasteiger partial charge is 0.317 e. The standard InChI is InChI=1S/C16H34N2/c1-4-5-6-7-8-9-10-12-18-13-11-16(17-3)15(2)14-18/h15-17H,4-14H2,1-3H3. The minimum atomic E-state index is 0.746. The molecule has 0 spiro atoms. The lowest BCUT2D eigenvalue weighted by atomic mass is 9.94. The molecule has 0 amide bonds. The Hall–Kier alpha value is -0.0800. The molecule has 1 rings (SSSR count). The smallest absolute Gasteiger partial charge is 0.0114 e. The molecule has 0 bridgehead atoms. The first-order valence-corrected chi connectivity index (χ1v) is 8.17. The van der Waals surface area contributed by atoms with Gasteiger partial charge in [-0.25, -0.2) is 0 Å². The molecule has 0 radical (unpaired) electrons. The first-order valence-electron chi connectivity index (χ1n) is 8.17. The summed E-state index contributed by atoms with van der Waals surface area (Å²) in [4.78, 5) is 2.67. The van der Waals surface area contributed by atoms with E-state index < -0.39 is 0 Å². The maximum Gasteiger partial charge on any atom is 0.0114 e. The second-order valence-corrected chi connectivity index (χ2v) is 6.08. The van der Waals surface area contributed by atoms with E-state index in [1.807, 2.05) is 0 Å². The van der Waals surface area contributed by atoms with Gasteiger partial charge in [0.1, 0.15) is 0 Å². The molecule has 0 aromatic carbocycles. The summed E-state index contributed by atoms with van der Waals surface area (Å²) in [6.45, 7) is 8.59. The summed E-state index contributed by atoms with van der Waals surface area (Å²) in [5, 5.41) is 3.44. The summed E-state index contributed by atoms with van der Waals surface area (Å²) < 4.78 is 0. The van der Waals surface area contributed by atoms with Crippen LogP contribution in [0.25, 0.3) is 0 Å². The summed E-state index contributed by atoms with van der Waals surface area (Å²) in [6.07, 6.45) is 11.3. The Morgan fingerprint density at radius 3 is 2.33 bits per heavy atom. The Balaban J connectivity index is 1.97. The second-order valence-electron chi connectivity index (χ2n) is 6.08. The fraction of sp³-hybridized carbons (Fsp3) is 1.00. The van der Waals surface area contributed by atoms with Gasteiger partial charge < -0.3 is 10.2 Å². The van der Waals surface area contributed by atoms with Crippen LogP contribution in [0.15, 0.2) is 0 Å². The van der Waals surface area contributed by atoms with Gasteiger partial charge in [-0.05, 0) is 38.9 Å². The quantitative estimate of drug-likeness (QED) is 0.632. The maximum absolute atomic E-state index is 3.44. The van der Waals surface area contributed by atoms with Gasteiger partial charge in [0.25, 0.3) is 0 Å². The molecule has 1 fully saturated rings. The predicted molar refractivity (Wildman–Crippen MR) is 81.1 cm³/mol. The number of unbranched alkanes of at least 4 members (excludes halogenated alkanes) is 6. The highest BCUT2D eigenvalue weighted by molar-refractivity contribution is 4.81. The molecule has 2 nitrogen and oxygen atoms in total. The minimum absolute atomic E-state index is 0.746. The van der Waals surface area contributed by atoms with Crippen molar-refractivity contribution in [3.63, 3.8) is 0 Å². The molecular weight excluding hydrogens is 220 g/mol. The molecule has 1 saturated heterocycles. The van der Waals surface area contributed by atoms with Crippen LogP contribution in [0.3, 0.4) is 0 Å². The average Bonchev–Trinajstić information content (AvgIpc) is 2.38. The Morgan fingerprint density at radius 2 is 1.72 bits per heavy atom. The number of rotatable bonds is 9. The van der Waals surface area contributed by atoms with Gasteiger partial charge in [0.05, 0.1) is 0 Å². The van der Waals surface area contributed by atoms with Crippen molar-refractivity contribution in [3.8, 4) is 0 Å². The highest BCUT2D eigenvalue weighted by atomic mass is 15.1. The molecule has 0 aromatic rings. The van der Waals surface area contributed by atoms with Crippen LogP contribution in [0.5, 0.6) is 0 Å². The van der Waals surface area contributed by atoms with E-state index in [0.717, 1.165) is 12.0 Å². The van der Waals surface area contributed by atoms with E-state index in [0.29, 0.717) is 0 Å². The summed E-state index contributed by atoms with van der Waals surface area (Å²) in [5.41, 5.74) is 0. The van der Waals surface area contributed by atoms with Crippen molar-refractivity contribution in [3.05, 3.63) is 0 Å². The molecule has 1 heterocycles. The molecular formula is C16H34N2. The van der Waals surface area contributed by atoms with E-state index in [4.69, 9.17) is 0 Å². The van der Waals surface area contributed by atoms with Gasteiger partial charge in [-0.15, -0.1) is 0 Å². The van der Waals surface area contributed by atoms with Crippen LogP contribution in [0.1, 0.15) is 65.2 Å². The second kappa shape index (κ2) is 9.80. The zero-order valence-corrected chi connectivity index (χ0v) is 12.9. The molecule has 1 N–H and O–H groups in total. The van der Waals surface area contributed by atoms with Crippen LogP contribution in [0.2, 0.25) is 0 Å². The molecule has 0 aliphatic carbocycles. The Bertz CT molecular complexity index is 194. The van der Waals surface area contributed by atoms with Gasteiger partial charge in [0.2, 0.25) is 0 Å². The van der Waals surface area contributed by atoms with Crippen molar-refractivity contribution in [2.75, 3.05) is 26.7 Å². The van der Waals surface area contributed by atoms with Crippen LogP contribution in [-0.2, 0) is 0 Å². The van der Waals surface area contributed by atoms with Crippen LogP contribution >= 0.6 is 0 Å². The lowest BCUT2D eigenvalue weighted by Crippen LogP contribution is -2.47. The van der Waals surface area contributed by atoms with Crippen LogP contribution < -0.4 is 5.32 Å². The maximum atomic E-state index is 3.44. The Morgan fingerprint density at radius 1 is 1.06 bits per heavy atom. The first kappa shape index (κ1) is 16.0. The van der Waals surface area contributed by atoms with E-state index in [-0.39, 0.29) is 0 Å². The number of nitrogens with one attached hydrogen (secondary N) is 1. The predicted octanol–water partition coefficient (Wildman–Crippen LogP) is 3.67. The van der Waals surface area contributed by atoms with Gasteiger partial charge >= 0.3 is 0 Å². The van der Waals surface area contributed by atoms with Gasteiger partial charge in [0, 0.05) is 12.6 Å².